The van der Waals surface area contributed by atoms with Crippen molar-refractivity contribution in [3.8, 4) is 11.3 Å². The van der Waals surface area contributed by atoms with Crippen molar-refractivity contribution >= 4 is 24.2 Å². The molecule has 2 fully saturated rings. The van der Waals surface area contributed by atoms with E-state index in [0.717, 1.165) is 24.2 Å². The normalized spacial score (nSPS) is 24.4. The van der Waals surface area contributed by atoms with E-state index in [4.69, 9.17) is 25.8 Å². The summed E-state index contributed by atoms with van der Waals surface area (Å²) >= 11 is 5.58. The van der Waals surface area contributed by atoms with Gasteiger partial charge in [0.1, 0.15) is 40.7 Å². The van der Waals surface area contributed by atoms with Crippen LogP contribution in [0.15, 0.2) is 53.7 Å². The van der Waals surface area contributed by atoms with Crippen LogP contribution >= 0.6 is 11.6 Å². The lowest BCUT2D eigenvalue weighted by Crippen LogP contribution is -2.54. The van der Waals surface area contributed by atoms with E-state index in [1.165, 1.54) is 10.9 Å². The van der Waals surface area contributed by atoms with Crippen molar-refractivity contribution in [2.75, 3.05) is 27.2 Å². The van der Waals surface area contributed by atoms with Crippen molar-refractivity contribution in [1.29, 1.82) is 0 Å². The first-order valence-corrected chi connectivity index (χ1v) is 12.8. The smallest absolute Gasteiger partial charge is 0.274 e. The molecule has 0 N–H and O–H groups in total. The van der Waals surface area contributed by atoms with Gasteiger partial charge in [-0.15, -0.1) is 5.10 Å². The van der Waals surface area contributed by atoms with Crippen LogP contribution in [0.4, 0.5) is 8.78 Å². The average Bonchev–Trinajstić information content (AvgIpc) is 3.45. The number of benzene rings is 2. The van der Waals surface area contributed by atoms with E-state index in [1.54, 1.807) is 0 Å². The molecule has 0 spiro atoms. The number of ether oxygens (including phenoxy) is 3. The van der Waals surface area contributed by atoms with E-state index in [9.17, 15) is 13.6 Å². The summed E-state index contributed by atoms with van der Waals surface area (Å²) in [6.07, 6.45) is -0.905. The molecule has 208 valence electrons. The summed E-state index contributed by atoms with van der Waals surface area (Å²) in [5.41, 5.74) is 1.23. The third-order valence-corrected chi connectivity index (χ3v) is 6.86. The zero-order valence-electron chi connectivity index (χ0n) is 21.8. The number of aliphatic imine (C=N–C) groups is 1. The van der Waals surface area contributed by atoms with Crippen molar-refractivity contribution in [1.82, 2.24) is 19.9 Å². The van der Waals surface area contributed by atoms with Crippen LogP contribution in [-0.2, 0) is 19.0 Å². The van der Waals surface area contributed by atoms with Crippen molar-refractivity contribution in [2.45, 2.75) is 44.0 Å². The van der Waals surface area contributed by atoms with Gasteiger partial charge in [0.05, 0.1) is 18.8 Å². The number of hydrogen-bond acceptors (Lipinski definition) is 7. The maximum Gasteiger partial charge on any atom is 0.274 e. The molecule has 0 radical (unpaired) electrons. The lowest BCUT2D eigenvalue weighted by molar-refractivity contribution is -0.297. The maximum absolute atomic E-state index is 14.0. The topological polar surface area (TPSA) is 91.1 Å². The molecule has 0 aliphatic carbocycles. The Morgan fingerprint density at radius 2 is 1.87 bits per heavy atom. The molecular weight excluding hydrogens is 532 g/mol. The number of aromatic nitrogens is 3. The second kappa shape index (κ2) is 12.8. The zero-order chi connectivity index (χ0) is 28.1. The molecule has 5 atom stereocenters. The van der Waals surface area contributed by atoms with Crippen LogP contribution in [0.25, 0.3) is 11.3 Å². The minimum atomic E-state index is -0.904. The maximum atomic E-state index is 14.0. The highest BCUT2D eigenvalue weighted by Gasteiger charge is 2.47. The molecule has 2 aromatic carbocycles. The molecule has 0 bridgehead atoms. The molecule has 1 amide bonds. The Hall–Kier alpha value is -3.09. The lowest BCUT2D eigenvalue weighted by Gasteiger charge is -2.45. The average molecular weight is 562 g/mol. The van der Waals surface area contributed by atoms with Crippen LogP contribution in [0, 0.1) is 11.6 Å². The molecule has 0 saturated carbocycles. The Labute approximate surface area is 230 Å². The van der Waals surface area contributed by atoms with Crippen LogP contribution in [0.1, 0.15) is 31.2 Å². The molecular formula is C27H30ClF2N5O4. The van der Waals surface area contributed by atoms with Crippen LogP contribution in [0.3, 0.4) is 0 Å². The first-order valence-electron chi connectivity index (χ1n) is 12.4. The molecule has 2 aliphatic heterocycles. The van der Waals surface area contributed by atoms with E-state index in [-0.39, 0.29) is 24.3 Å². The number of hydrogen-bond donors (Lipinski definition) is 0. The van der Waals surface area contributed by atoms with Crippen LogP contribution in [-0.4, -0.2) is 78.1 Å². The summed E-state index contributed by atoms with van der Waals surface area (Å²) in [5.74, 6) is -2.33. The summed E-state index contributed by atoms with van der Waals surface area (Å²) in [7, 11) is 4.11. The quantitative estimate of drug-likeness (QED) is 0.335. The molecule has 5 unspecified atom stereocenters. The summed E-state index contributed by atoms with van der Waals surface area (Å²) in [6, 6.07) is 11.1. The minimum absolute atomic E-state index is 0.171. The van der Waals surface area contributed by atoms with Crippen LogP contribution in [0.5, 0.6) is 0 Å². The first kappa shape index (κ1) is 28.9. The monoisotopic (exact) mass is 561 g/mol. The Balaban J connectivity index is 0.000000648. The minimum Gasteiger partial charge on any atom is -0.360 e. The number of rotatable bonds is 5. The molecule has 39 heavy (non-hydrogen) atoms. The number of amides is 1. The predicted octanol–water partition coefficient (Wildman–Crippen LogP) is 4.48. The van der Waals surface area contributed by atoms with Crippen LogP contribution in [0.2, 0.25) is 5.02 Å². The van der Waals surface area contributed by atoms with Gasteiger partial charge in [0.15, 0.2) is 6.29 Å². The third-order valence-electron chi connectivity index (χ3n) is 6.50. The Bertz CT molecular complexity index is 1270. The van der Waals surface area contributed by atoms with Gasteiger partial charge in [0.2, 0.25) is 0 Å². The standard InChI is InChI=1S/C23H19ClF2N4O4.C4H11N/c1-27-22(31)18-9-17(21-19(33-18)11-32-23(34-21)12-5-3-2-4-6-12)30-10-16(28-29-30)13-7-14(25)20(24)15(26)8-13;1-4-5(2)3/h2-8,10,17-19,21,23H,1,9,11H2;4H2,1-3H3. The van der Waals surface area contributed by atoms with Crippen molar-refractivity contribution in [3.05, 3.63) is 70.9 Å². The molecule has 3 heterocycles. The molecule has 3 aromatic rings. The van der Waals surface area contributed by atoms with Gasteiger partial charge in [-0.25, -0.2) is 18.5 Å². The fourth-order valence-electron chi connectivity index (χ4n) is 4.20. The highest BCUT2D eigenvalue weighted by Crippen LogP contribution is 2.39. The molecule has 2 aliphatic rings. The largest absolute Gasteiger partial charge is 0.360 e. The third kappa shape index (κ3) is 6.74. The molecule has 12 heteroatoms. The molecule has 5 rings (SSSR count). The summed E-state index contributed by atoms with van der Waals surface area (Å²) in [4.78, 5) is 17.9. The Morgan fingerprint density at radius 1 is 1.21 bits per heavy atom. The highest BCUT2D eigenvalue weighted by atomic mass is 35.5. The zero-order valence-corrected chi connectivity index (χ0v) is 22.6. The van der Waals surface area contributed by atoms with Gasteiger partial charge in [-0.1, -0.05) is 54.1 Å². The summed E-state index contributed by atoms with van der Waals surface area (Å²) < 4.78 is 47.4. The fraction of sp³-hybridized carbons (Fsp3) is 0.407. The molecule has 1 aromatic heterocycles. The fourth-order valence-corrected chi connectivity index (χ4v) is 4.31. The van der Waals surface area contributed by atoms with E-state index < -0.39 is 53.2 Å². The number of nitrogens with zero attached hydrogens (tertiary/aromatic N) is 5. The van der Waals surface area contributed by atoms with Crippen LogP contribution < -0.4 is 0 Å². The van der Waals surface area contributed by atoms with Gasteiger partial charge in [-0.2, -0.15) is 0 Å². The number of halogens is 3. The van der Waals surface area contributed by atoms with Gasteiger partial charge in [0.25, 0.3) is 5.91 Å². The number of fused-ring (bicyclic) bond motifs is 1. The van der Waals surface area contributed by atoms with Crippen molar-refractivity contribution in [2.24, 2.45) is 4.99 Å². The highest BCUT2D eigenvalue weighted by molar-refractivity contribution is 6.31. The van der Waals surface area contributed by atoms with Gasteiger partial charge in [-0.3, -0.25) is 4.79 Å². The Morgan fingerprint density at radius 3 is 2.49 bits per heavy atom. The van der Waals surface area contributed by atoms with E-state index in [1.807, 2.05) is 30.3 Å². The predicted molar refractivity (Wildman–Crippen MR) is 141 cm³/mol. The number of carbonyl (C=O) groups is 1. The van der Waals surface area contributed by atoms with E-state index >= 15 is 0 Å². The second-order valence-electron chi connectivity index (χ2n) is 9.37. The first-order chi connectivity index (χ1) is 18.7. The summed E-state index contributed by atoms with van der Waals surface area (Å²) in [5, 5.41) is 7.63. The second-order valence-corrected chi connectivity index (χ2v) is 9.75. The van der Waals surface area contributed by atoms with Gasteiger partial charge < -0.3 is 19.1 Å². The van der Waals surface area contributed by atoms with Gasteiger partial charge >= 0.3 is 0 Å². The van der Waals surface area contributed by atoms with Gasteiger partial charge in [-0.05, 0) is 39.5 Å². The summed E-state index contributed by atoms with van der Waals surface area (Å²) in [6.45, 7) is 6.74. The van der Waals surface area contributed by atoms with Gasteiger partial charge in [0, 0.05) is 17.5 Å². The van der Waals surface area contributed by atoms with Crippen molar-refractivity contribution < 1.29 is 27.8 Å². The van der Waals surface area contributed by atoms with E-state index in [2.05, 4.69) is 47.9 Å². The Kier molecular flexibility index (Phi) is 9.52. The van der Waals surface area contributed by atoms with Crippen molar-refractivity contribution in [3.63, 3.8) is 0 Å². The molecule has 9 nitrogen and oxygen atoms in total. The SMILES string of the molecule is C=NC(=O)C1CC(n2cc(-c3cc(F)c(Cl)c(F)c3)nn2)C2OC(c3ccccc3)OCC2O1.CCN(C)C. The molecule has 2 saturated heterocycles. The lowest BCUT2D eigenvalue weighted by atomic mass is 9.94. The number of carbonyl (C=O) groups excluding carboxylic acids is 1. The van der Waals surface area contributed by atoms with E-state index in [0.29, 0.717) is 0 Å².